The second-order valence-electron chi connectivity index (χ2n) is 4.65. The van der Waals surface area contributed by atoms with Gasteiger partial charge in [-0.1, -0.05) is 54.6 Å². The van der Waals surface area contributed by atoms with Crippen LogP contribution < -0.4 is 0 Å². The second kappa shape index (κ2) is 5.10. The summed E-state index contributed by atoms with van der Waals surface area (Å²) in [5.41, 5.74) is 1.80. The van der Waals surface area contributed by atoms with Crippen LogP contribution in [0.4, 0.5) is 0 Å². The third kappa shape index (κ3) is 2.50. The van der Waals surface area contributed by atoms with E-state index in [1.807, 2.05) is 30.4 Å². The number of ketones is 2. The molecule has 0 saturated carbocycles. The molecule has 0 saturated heterocycles. The minimum absolute atomic E-state index is 0.465. The summed E-state index contributed by atoms with van der Waals surface area (Å²) in [5, 5.41) is 2.37. The van der Waals surface area contributed by atoms with Crippen LogP contribution in [0.3, 0.4) is 0 Å². The average Bonchev–Trinajstić information content (AvgIpc) is 2.48. The molecular weight excluding hydrogens is 248 g/mol. The molecule has 96 valence electrons. The smallest absolute Gasteiger partial charge is 0.226 e. The summed E-state index contributed by atoms with van der Waals surface area (Å²) in [5.74, 6) is -0.932. The van der Waals surface area contributed by atoms with E-state index in [1.165, 1.54) is 22.9 Å². The van der Waals surface area contributed by atoms with Gasteiger partial charge in [0.05, 0.1) is 0 Å². The number of hydrogen-bond donors (Lipinski definition) is 0. The molecule has 0 N–H and O–H groups in total. The van der Waals surface area contributed by atoms with Crippen LogP contribution in [0, 0.1) is 0 Å². The number of carbonyl (C=O) groups is 2. The van der Waals surface area contributed by atoms with Crippen molar-refractivity contribution in [3.63, 3.8) is 0 Å². The molecule has 0 bridgehead atoms. The van der Waals surface area contributed by atoms with Crippen molar-refractivity contribution in [1.82, 2.24) is 0 Å². The quantitative estimate of drug-likeness (QED) is 0.612. The number of rotatable bonds is 2. The van der Waals surface area contributed by atoms with Gasteiger partial charge >= 0.3 is 0 Å². The Balaban J connectivity index is 1.88. The van der Waals surface area contributed by atoms with Gasteiger partial charge in [0.15, 0.2) is 0 Å². The topological polar surface area (TPSA) is 34.1 Å². The van der Waals surface area contributed by atoms with Crippen molar-refractivity contribution in [2.24, 2.45) is 0 Å². The highest BCUT2D eigenvalue weighted by Crippen LogP contribution is 2.17. The first kappa shape index (κ1) is 12.3. The highest BCUT2D eigenvalue weighted by atomic mass is 16.2. The van der Waals surface area contributed by atoms with Crippen LogP contribution in [0.2, 0.25) is 0 Å². The van der Waals surface area contributed by atoms with Crippen LogP contribution in [0.15, 0.2) is 72.3 Å². The van der Waals surface area contributed by atoms with Gasteiger partial charge in [-0.05, 0) is 40.1 Å². The number of hydrogen-bond acceptors (Lipinski definition) is 2. The summed E-state index contributed by atoms with van der Waals surface area (Å²) < 4.78 is 0. The van der Waals surface area contributed by atoms with Crippen molar-refractivity contribution >= 4 is 28.4 Å². The lowest BCUT2D eigenvalue weighted by atomic mass is 10.0. The zero-order chi connectivity index (χ0) is 13.9. The Morgan fingerprint density at radius 3 is 2.35 bits per heavy atom. The van der Waals surface area contributed by atoms with E-state index in [9.17, 15) is 9.59 Å². The first-order valence-corrected chi connectivity index (χ1v) is 6.37. The molecule has 0 atom stereocenters. The van der Waals surface area contributed by atoms with Gasteiger partial charge in [-0.15, -0.1) is 0 Å². The molecule has 1 aliphatic carbocycles. The summed E-state index contributed by atoms with van der Waals surface area (Å²) in [4.78, 5) is 22.3. The highest BCUT2D eigenvalue weighted by Gasteiger charge is 2.11. The van der Waals surface area contributed by atoms with E-state index in [4.69, 9.17) is 0 Å². The fourth-order valence-corrected chi connectivity index (χ4v) is 2.13. The molecule has 2 nitrogen and oxygen atoms in total. The summed E-state index contributed by atoms with van der Waals surface area (Å²) in [7, 11) is 0. The van der Waals surface area contributed by atoms with Crippen molar-refractivity contribution in [3.8, 4) is 0 Å². The van der Waals surface area contributed by atoms with Crippen molar-refractivity contribution in [2.45, 2.75) is 0 Å². The summed E-state index contributed by atoms with van der Waals surface area (Å²) >= 11 is 0. The van der Waals surface area contributed by atoms with E-state index in [0.717, 1.165) is 11.1 Å². The highest BCUT2D eigenvalue weighted by molar-refractivity contribution is 6.46. The Hall–Kier alpha value is -2.74. The Bertz CT molecular complexity index is 792. The van der Waals surface area contributed by atoms with E-state index in [0.29, 0.717) is 0 Å². The fourth-order valence-electron chi connectivity index (χ4n) is 2.13. The molecule has 0 heterocycles. The van der Waals surface area contributed by atoms with Crippen molar-refractivity contribution in [3.05, 3.63) is 77.9 Å². The summed E-state index contributed by atoms with van der Waals surface area (Å²) in [6.07, 6.45) is 8.10. The van der Waals surface area contributed by atoms with Crippen LogP contribution in [0.1, 0.15) is 5.56 Å². The molecule has 2 aromatic carbocycles. The van der Waals surface area contributed by atoms with Crippen LogP contribution >= 0.6 is 0 Å². The minimum atomic E-state index is -0.467. The average molecular weight is 260 g/mol. The molecule has 0 aliphatic heterocycles. The normalized spacial score (nSPS) is 15.1. The zero-order valence-corrected chi connectivity index (χ0v) is 10.7. The Morgan fingerprint density at radius 2 is 1.55 bits per heavy atom. The molecule has 2 aromatic rings. The van der Waals surface area contributed by atoms with Gasteiger partial charge in [-0.25, -0.2) is 0 Å². The Kier molecular flexibility index (Phi) is 3.13. The standard InChI is InChI=1S/C18H12O2/c19-17-10-8-14(12-18(17)20)6-5-13-7-9-15-3-1-2-4-16(15)11-13/h1-12H. The van der Waals surface area contributed by atoms with Crippen molar-refractivity contribution in [1.29, 1.82) is 0 Å². The molecule has 1 aliphatic rings. The first-order chi connectivity index (χ1) is 9.72. The SMILES string of the molecule is O=C1C=CC(C=Cc2ccc3ccccc3c2)=CC1=O. The van der Waals surface area contributed by atoms with Crippen LogP contribution in [-0.2, 0) is 9.59 Å². The van der Waals surface area contributed by atoms with Crippen LogP contribution in [0.25, 0.3) is 16.8 Å². The summed E-state index contributed by atoms with van der Waals surface area (Å²) in [6.45, 7) is 0. The van der Waals surface area contributed by atoms with Gasteiger partial charge in [0.2, 0.25) is 11.6 Å². The molecule has 20 heavy (non-hydrogen) atoms. The number of benzene rings is 2. The first-order valence-electron chi connectivity index (χ1n) is 6.37. The largest absolute Gasteiger partial charge is 0.286 e. The second-order valence-corrected chi connectivity index (χ2v) is 4.65. The van der Waals surface area contributed by atoms with Gasteiger partial charge in [-0.2, -0.15) is 0 Å². The van der Waals surface area contributed by atoms with Crippen molar-refractivity contribution < 1.29 is 9.59 Å². The van der Waals surface area contributed by atoms with E-state index in [-0.39, 0.29) is 0 Å². The predicted molar refractivity (Wildman–Crippen MR) is 80.2 cm³/mol. The molecule has 0 aromatic heterocycles. The summed E-state index contributed by atoms with van der Waals surface area (Å²) in [6, 6.07) is 14.3. The van der Waals surface area contributed by atoms with Gasteiger partial charge < -0.3 is 0 Å². The maximum absolute atomic E-state index is 11.3. The molecule has 0 spiro atoms. The van der Waals surface area contributed by atoms with E-state index in [1.54, 1.807) is 6.08 Å². The zero-order valence-electron chi connectivity index (χ0n) is 10.7. The van der Waals surface area contributed by atoms with E-state index in [2.05, 4.69) is 24.3 Å². The third-order valence-electron chi connectivity index (χ3n) is 3.21. The molecule has 0 amide bonds. The fraction of sp³-hybridized carbons (Fsp3) is 0. The minimum Gasteiger partial charge on any atom is -0.286 e. The Morgan fingerprint density at radius 1 is 0.750 bits per heavy atom. The predicted octanol–water partition coefficient (Wildman–Crippen LogP) is 3.49. The van der Waals surface area contributed by atoms with Crippen LogP contribution in [-0.4, -0.2) is 11.6 Å². The monoisotopic (exact) mass is 260 g/mol. The number of carbonyl (C=O) groups excluding carboxylic acids is 2. The molecule has 0 unspecified atom stereocenters. The molecule has 0 radical (unpaired) electrons. The molecular formula is C18H12O2. The maximum Gasteiger partial charge on any atom is 0.226 e. The van der Waals surface area contributed by atoms with Crippen LogP contribution in [0.5, 0.6) is 0 Å². The third-order valence-corrected chi connectivity index (χ3v) is 3.21. The Labute approximate surface area is 116 Å². The van der Waals surface area contributed by atoms with Gasteiger partial charge in [-0.3, -0.25) is 9.59 Å². The lowest BCUT2D eigenvalue weighted by Gasteiger charge is -2.01. The lowest BCUT2D eigenvalue weighted by molar-refractivity contribution is -0.131. The maximum atomic E-state index is 11.3. The van der Waals surface area contributed by atoms with Crippen molar-refractivity contribution in [2.75, 3.05) is 0 Å². The number of fused-ring (bicyclic) bond motifs is 1. The van der Waals surface area contributed by atoms with Gasteiger partial charge in [0, 0.05) is 0 Å². The van der Waals surface area contributed by atoms with E-state index >= 15 is 0 Å². The lowest BCUT2D eigenvalue weighted by Crippen LogP contribution is -2.10. The van der Waals surface area contributed by atoms with Gasteiger partial charge in [0.1, 0.15) is 0 Å². The molecule has 0 fully saturated rings. The molecule has 3 rings (SSSR count). The molecule has 2 heteroatoms. The number of allylic oxidation sites excluding steroid dienone is 5. The van der Waals surface area contributed by atoms with Gasteiger partial charge in [0.25, 0.3) is 0 Å². The van der Waals surface area contributed by atoms with E-state index < -0.39 is 11.6 Å².